The average molecular weight is 625 g/mol. The van der Waals surface area contributed by atoms with E-state index in [9.17, 15) is 22.4 Å². The van der Waals surface area contributed by atoms with Crippen molar-refractivity contribution in [3.05, 3.63) is 113 Å². The highest BCUT2D eigenvalue weighted by molar-refractivity contribution is 7.92. The van der Waals surface area contributed by atoms with Crippen molar-refractivity contribution in [3.63, 3.8) is 0 Å². The van der Waals surface area contributed by atoms with E-state index in [4.69, 9.17) is 21.1 Å². The molecule has 0 aliphatic rings. The Morgan fingerprint density at radius 1 is 0.884 bits per heavy atom. The number of sulfonamides is 1. The summed E-state index contributed by atoms with van der Waals surface area (Å²) < 4.78 is 51.4. The van der Waals surface area contributed by atoms with E-state index in [0.29, 0.717) is 27.8 Å². The van der Waals surface area contributed by atoms with Gasteiger partial charge in [0.1, 0.15) is 23.9 Å². The topological polar surface area (TPSA) is 126 Å². The van der Waals surface area contributed by atoms with E-state index >= 15 is 0 Å². The maximum Gasteiger partial charge on any atom is 0.264 e. The number of anilines is 2. The van der Waals surface area contributed by atoms with Crippen LogP contribution in [0.3, 0.4) is 0 Å². The Kier molecular flexibility index (Phi) is 10.3. The van der Waals surface area contributed by atoms with E-state index in [1.54, 1.807) is 24.3 Å². The van der Waals surface area contributed by atoms with Crippen LogP contribution in [-0.2, 0) is 19.6 Å². The Balaban J connectivity index is 1.35. The summed E-state index contributed by atoms with van der Waals surface area (Å²) in [7, 11) is -2.67. The molecular formula is C30H26ClFN4O6S. The van der Waals surface area contributed by atoms with E-state index < -0.39 is 34.2 Å². The van der Waals surface area contributed by atoms with Crippen LogP contribution in [0.2, 0.25) is 5.02 Å². The second-order valence-corrected chi connectivity index (χ2v) is 11.2. The number of nitrogens with zero attached hydrogens (tertiary/aromatic N) is 2. The van der Waals surface area contributed by atoms with Gasteiger partial charge in [0, 0.05) is 10.7 Å². The highest BCUT2D eigenvalue weighted by atomic mass is 35.5. The van der Waals surface area contributed by atoms with Crippen molar-refractivity contribution in [2.24, 2.45) is 5.10 Å². The number of hydrazone groups is 1. The summed E-state index contributed by atoms with van der Waals surface area (Å²) in [5, 5.41) is 6.92. The molecule has 2 amide bonds. The number of carbonyl (C=O) groups is 2. The number of methoxy groups -OCH3 is 1. The SMILES string of the molecule is COc1ccc(S(=O)(=O)N(CC(=O)N/N=C/c2ccc(OCC(=O)Nc3ccc(F)cc3)cc2)c2ccc(Cl)cc2)cc1. The molecule has 0 spiro atoms. The Labute approximate surface area is 252 Å². The molecule has 0 aliphatic heterocycles. The van der Waals surface area contributed by atoms with Crippen LogP contribution in [0.25, 0.3) is 0 Å². The van der Waals surface area contributed by atoms with Crippen LogP contribution in [0.5, 0.6) is 11.5 Å². The molecule has 2 N–H and O–H groups in total. The van der Waals surface area contributed by atoms with Gasteiger partial charge in [-0.15, -0.1) is 0 Å². The van der Waals surface area contributed by atoms with Crippen molar-refractivity contribution in [1.29, 1.82) is 0 Å². The first kappa shape index (κ1) is 31.0. The maximum atomic E-state index is 13.5. The van der Waals surface area contributed by atoms with Crippen molar-refractivity contribution in [2.45, 2.75) is 4.90 Å². The van der Waals surface area contributed by atoms with Gasteiger partial charge in [0.2, 0.25) is 0 Å². The van der Waals surface area contributed by atoms with Gasteiger partial charge in [0.25, 0.3) is 21.8 Å². The van der Waals surface area contributed by atoms with Crippen LogP contribution in [-0.4, -0.2) is 46.7 Å². The second-order valence-electron chi connectivity index (χ2n) is 8.87. The Morgan fingerprint density at radius 2 is 1.51 bits per heavy atom. The Bertz CT molecular complexity index is 1680. The summed E-state index contributed by atoms with van der Waals surface area (Å²) in [5.41, 5.74) is 3.62. The van der Waals surface area contributed by atoms with E-state index in [0.717, 1.165) is 4.31 Å². The summed E-state index contributed by atoms with van der Waals surface area (Å²) in [6.07, 6.45) is 1.37. The summed E-state index contributed by atoms with van der Waals surface area (Å²) >= 11 is 5.97. The third-order valence-electron chi connectivity index (χ3n) is 5.83. The normalized spacial score (nSPS) is 11.1. The fourth-order valence-corrected chi connectivity index (χ4v) is 5.22. The first-order valence-electron chi connectivity index (χ1n) is 12.7. The third-order valence-corrected chi connectivity index (χ3v) is 7.87. The zero-order valence-electron chi connectivity index (χ0n) is 22.7. The molecule has 222 valence electrons. The summed E-state index contributed by atoms with van der Waals surface area (Å²) in [6, 6.07) is 23.7. The lowest BCUT2D eigenvalue weighted by molar-refractivity contribution is -0.119. The number of ether oxygens (including phenoxy) is 2. The molecule has 0 fully saturated rings. The van der Waals surface area contributed by atoms with Gasteiger partial charge in [-0.3, -0.25) is 13.9 Å². The minimum atomic E-state index is -4.14. The molecule has 43 heavy (non-hydrogen) atoms. The molecular weight excluding hydrogens is 599 g/mol. The molecule has 4 rings (SSSR count). The lowest BCUT2D eigenvalue weighted by atomic mass is 10.2. The number of halogens is 2. The van der Waals surface area contributed by atoms with Gasteiger partial charge in [0.05, 0.1) is 23.9 Å². The van der Waals surface area contributed by atoms with Crippen molar-refractivity contribution < 1.29 is 31.9 Å². The van der Waals surface area contributed by atoms with Gasteiger partial charge in [-0.2, -0.15) is 5.10 Å². The summed E-state index contributed by atoms with van der Waals surface area (Å²) in [5.74, 6) is -0.610. The second kappa shape index (κ2) is 14.3. The van der Waals surface area contributed by atoms with E-state index in [1.807, 2.05) is 0 Å². The van der Waals surface area contributed by atoms with Crippen LogP contribution in [0.15, 0.2) is 107 Å². The summed E-state index contributed by atoms with van der Waals surface area (Å²) in [4.78, 5) is 24.8. The number of amides is 2. The molecule has 0 atom stereocenters. The van der Waals surface area contributed by atoms with Crippen LogP contribution in [0, 0.1) is 5.82 Å². The first-order valence-corrected chi connectivity index (χ1v) is 14.5. The fraction of sp³-hybridized carbons (Fsp3) is 0.100. The lowest BCUT2D eigenvalue weighted by Crippen LogP contribution is -2.39. The van der Waals surface area contributed by atoms with Crippen LogP contribution < -0.4 is 24.5 Å². The van der Waals surface area contributed by atoms with Gasteiger partial charge < -0.3 is 14.8 Å². The van der Waals surface area contributed by atoms with Crippen molar-refractivity contribution >= 4 is 51.0 Å². The molecule has 0 saturated carbocycles. The molecule has 4 aromatic carbocycles. The zero-order valence-corrected chi connectivity index (χ0v) is 24.3. The highest BCUT2D eigenvalue weighted by Gasteiger charge is 2.27. The van der Waals surface area contributed by atoms with E-state index in [1.165, 1.54) is 86.1 Å². The minimum Gasteiger partial charge on any atom is -0.497 e. The first-order chi connectivity index (χ1) is 20.6. The van der Waals surface area contributed by atoms with E-state index in [-0.39, 0.29) is 17.2 Å². The molecule has 0 aromatic heterocycles. The van der Waals surface area contributed by atoms with Gasteiger partial charge >= 0.3 is 0 Å². The largest absolute Gasteiger partial charge is 0.497 e. The molecule has 0 saturated heterocycles. The van der Waals surface area contributed by atoms with Crippen molar-refractivity contribution in [1.82, 2.24) is 5.43 Å². The molecule has 4 aromatic rings. The zero-order chi connectivity index (χ0) is 30.8. The third kappa shape index (κ3) is 8.77. The van der Waals surface area contributed by atoms with Crippen molar-refractivity contribution in [3.8, 4) is 11.5 Å². The molecule has 0 aliphatic carbocycles. The molecule has 0 heterocycles. The highest BCUT2D eigenvalue weighted by Crippen LogP contribution is 2.26. The molecule has 10 nitrogen and oxygen atoms in total. The predicted molar refractivity (Wildman–Crippen MR) is 162 cm³/mol. The molecule has 0 bridgehead atoms. The number of rotatable bonds is 12. The van der Waals surface area contributed by atoms with Gasteiger partial charge in [0.15, 0.2) is 6.61 Å². The van der Waals surface area contributed by atoms with Crippen molar-refractivity contribution in [2.75, 3.05) is 29.9 Å². The number of hydrogen-bond donors (Lipinski definition) is 2. The Morgan fingerprint density at radius 3 is 2.14 bits per heavy atom. The molecule has 0 radical (unpaired) electrons. The summed E-state index contributed by atoms with van der Waals surface area (Å²) in [6.45, 7) is -0.815. The van der Waals surface area contributed by atoms with Gasteiger partial charge in [-0.1, -0.05) is 11.6 Å². The predicted octanol–water partition coefficient (Wildman–Crippen LogP) is 4.85. The van der Waals surface area contributed by atoms with Crippen LogP contribution >= 0.6 is 11.6 Å². The number of nitrogens with one attached hydrogen (secondary N) is 2. The number of hydrogen-bond acceptors (Lipinski definition) is 7. The minimum absolute atomic E-state index is 0.0326. The smallest absolute Gasteiger partial charge is 0.264 e. The lowest BCUT2D eigenvalue weighted by Gasteiger charge is -2.23. The quantitative estimate of drug-likeness (QED) is 0.171. The number of carbonyl (C=O) groups excluding carboxylic acids is 2. The monoisotopic (exact) mass is 624 g/mol. The average Bonchev–Trinajstić information content (AvgIpc) is 3.01. The van der Waals surface area contributed by atoms with Crippen LogP contribution in [0.4, 0.5) is 15.8 Å². The number of benzene rings is 4. The Hall–Kier alpha value is -4.94. The van der Waals surface area contributed by atoms with Gasteiger partial charge in [-0.25, -0.2) is 18.2 Å². The molecule has 13 heteroatoms. The van der Waals surface area contributed by atoms with Crippen LogP contribution in [0.1, 0.15) is 5.56 Å². The fourth-order valence-electron chi connectivity index (χ4n) is 3.67. The maximum absolute atomic E-state index is 13.5. The standard InChI is InChI=1S/C30H26ClFN4O6S/c1-41-26-14-16-28(17-15-26)43(39,40)36(25-10-4-22(31)5-11-25)19-29(37)35-33-18-21-2-12-27(13-3-21)42-20-30(38)34-24-8-6-23(32)7-9-24/h2-18H,19-20H2,1H3,(H,34,38)(H,35,37)/b33-18+. The van der Waals surface area contributed by atoms with E-state index in [2.05, 4.69) is 15.8 Å². The molecule has 0 unspecified atom stereocenters. The van der Waals surface area contributed by atoms with Gasteiger partial charge in [-0.05, 0) is 103 Å².